The maximum absolute atomic E-state index is 12.5. The minimum absolute atomic E-state index is 0.0735. The zero-order valence-corrected chi connectivity index (χ0v) is 15.1. The number of para-hydroxylation sites is 1. The Labute approximate surface area is 151 Å². The maximum Gasteiger partial charge on any atom is 0.269 e. The van der Waals surface area contributed by atoms with E-state index in [0.717, 1.165) is 5.56 Å². The molecule has 0 saturated heterocycles. The van der Waals surface area contributed by atoms with Crippen LogP contribution in [0.4, 0.5) is 0 Å². The number of rotatable bonds is 5. The summed E-state index contributed by atoms with van der Waals surface area (Å²) in [5, 5.41) is 2.71. The molecule has 0 aliphatic carbocycles. The number of carbonyl (C=O) groups is 2. The summed E-state index contributed by atoms with van der Waals surface area (Å²) in [7, 11) is -2.48. The van der Waals surface area contributed by atoms with Crippen LogP contribution in [-0.4, -0.2) is 38.2 Å². The molecule has 1 atom stereocenters. The van der Waals surface area contributed by atoms with Crippen LogP contribution in [0.1, 0.15) is 28.9 Å². The smallest absolute Gasteiger partial charge is 0.269 e. The molecule has 0 aromatic heterocycles. The number of amides is 2. The first-order chi connectivity index (χ1) is 12.4. The highest BCUT2D eigenvalue weighted by Gasteiger charge is 2.41. The van der Waals surface area contributed by atoms with Gasteiger partial charge < -0.3 is 10.1 Å². The Morgan fingerprint density at radius 1 is 1.15 bits per heavy atom. The lowest BCUT2D eigenvalue weighted by atomic mass is 10.1. The molecule has 1 aliphatic rings. The van der Waals surface area contributed by atoms with Crippen molar-refractivity contribution in [3.8, 4) is 5.75 Å². The van der Waals surface area contributed by atoms with E-state index in [-0.39, 0.29) is 10.5 Å². The summed E-state index contributed by atoms with van der Waals surface area (Å²) in [6, 6.07) is 12.7. The molecule has 0 spiro atoms. The van der Waals surface area contributed by atoms with Crippen LogP contribution in [0.2, 0.25) is 0 Å². The molecule has 26 heavy (non-hydrogen) atoms. The molecule has 2 aromatic carbocycles. The third-order valence-corrected chi connectivity index (χ3v) is 5.97. The fourth-order valence-electron chi connectivity index (χ4n) is 2.91. The summed E-state index contributed by atoms with van der Waals surface area (Å²) in [6.45, 7) is 1.18. The summed E-state index contributed by atoms with van der Waals surface area (Å²) in [5.41, 5.74) is 0.834. The van der Waals surface area contributed by atoms with Gasteiger partial charge in [0.15, 0.2) is 0 Å². The lowest BCUT2D eigenvalue weighted by Gasteiger charge is -2.19. The number of hydrogen-bond acceptors (Lipinski definition) is 5. The van der Waals surface area contributed by atoms with Gasteiger partial charge in [-0.05, 0) is 25.1 Å². The summed E-state index contributed by atoms with van der Waals surface area (Å²) in [5.74, 6) is -0.661. The second-order valence-corrected chi connectivity index (χ2v) is 7.67. The molecule has 0 bridgehead atoms. The number of nitrogens with one attached hydrogen (secondary N) is 1. The number of fused-ring (bicyclic) bond motifs is 1. The van der Waals surface area contributed by atoms with E-state index in [0.29, 0.717) is 10.1 Å². The van der Waals surface area contributed by atoms with Crippen molar-refractivity contribution in [2.75, 3.05) is 13.7 Å². The van der Waals surface area contributed by atoms with Gasteiger partial charge in [-0.25, -0.2) is 12.7 Å². The van der Waals surface area contributed by atoms with Gasteiger partial charge in [0, 0.05) is 5.56 Å². The number of benzene rings is 2. The van der Waals surface area contributed by atoms with Crippen molar-refractivity contribution in [3.63, 3.8) is 0 Å². The molecule has 1 heterocycles. The Morgan fingerprint density at radius 3 is 2.50 bits per heavy atom. The van der Waals surface area contributed by atoms with Gasteiger partial charge in [-0.2, -0.15) is 0 Å². The quantitative estimate of drug-likeness (QED) is 0.860. The standard InChI is InChI=1S/C18H18N2O5S/c1-12(13-7-3-5-9-15(13)25-2)19-17(21)11-20-18(22)14-8-4-6-10-16(14)26(20,23)24/h3-10,12H,11H2,1-2H3,(H,19,21)/t12-/m1/s1. The number of ether oxygens (including phenoxy) is 1. The topological polar surface area (TPSA) is 92.8 Å². The molecule has 0 saturated carbocycles. The van der Waals surface area contributed by atoms with Gasteiger partial charge in [0.25, 0.3) is 15.9 Å². The van der Waals surface area contributed by atoms with E-state index in [1.807, 2.05) is 12.1 Å². The average Bonchev–Trinajstić information content (AvgIpc) is 2.83. The van der Waals surface area contributed by atoms with Crippen molar-refractivity contribution in [2.24, 2.45) is 0 Å². The van der Waals surface area contributed by atoms with E-state index in [1.165, 1.54) is 25.3 Å². The second-order valence-electron chi connectivity index (χ2n) is 5.84. The molecule has 8 heteroatoms. The predicted molar refractivity (Wildman–Crippen MR) is 94.2 cm³/mol. The highest BCUT2D eigenvalue weighted by Crippen LogP contribution is 2.30. The summed E-state index contributed by atoms with van der Waals surface area (Å²) in [6.07, 6.45) is 0. The fraction of sp³-hybridized carbons (Fsp3) is 0.222. The van der Waals surface area contributed by atoms with Gasteiger partial charge in [-0.3, -0.25) is 9.59 Å². The van der Waals surface area contributed by atoms with Gasteiger partial charge in [-0.1, -0.05) is 30.3 Å². The van der Waals surface area contributed by atoms with Crippen molar-refractivity contribution in [3.05, 3.63) is 59.7 Å². The number of sulfonamides is 1. The number of nitrogens with zero attached hydrogens (tertiary/aromatic N) is 1. The molecule has 2 aromatic rings. The maximum atomic E-state index is 12.5. The minimum Gasteiger partial charge on any atom is -0.496 e. The van der Waals surface area contributed by atoms with Crippen LogP contribution < -0.4 is 10.1 Å². The van der Waals surface area contributed by atoms with Gasteiger partial charge in [0.1, 0.15) is 17.2 Å². The van der Waals surface area contributed by atoms with Gasteiger partial charge in [0.05, 0.1) is 18.7 Å². The highest BCUT2D eigenvalue weighted by molar-refractivity contribution is 7.90. The Balaban J connectivity index is 1.76. The van der Waals surface area contributed by atoms with E-state index in [2.05, 4.69) is 5.32 Å². The highest BCUT2D eigenvalue weighted by atomic mass is 32.2. The Morgan fingerprint density at radius 2 is 1.81 bits per heavy atom. The molecule has 136 valence electrons. The van der Waals surface area contributed by atoms with Crippen LogP contribution in [0.15, 0.2) is 53.4 Å². The summed E-state index contributed by atoms with van der Waals surface area (Å²) < 4.78 is 30.8. The van der Waals surface area contributed by atoms with Crippen LogP contribution >= 0.6 is 0 Å². The molecule has 0 unspecified atom stereocenters. The number of methoxy groups -OCH3 is 1. The van der Waals surface area contributed by atoms with E-state index in [9.17, 15) is 18.0 Å². The van der Waals surface area contributed by atoms with Crippen molar-refractivity contribution >= 4 is 21.8 Å². The normalized spacial score (nSPS) is 16.1. The van der Waals surface area contributed by atoms with Gasteiger partial charge >= 0.3 is 0 Å². The molecule has 1 aliphatic heterocycles. The van der Waals surface area contributed by atoms with Crippen LogP contribution in [0.3, 0.4) is 0 Å². The first-order valence-electron chi connectivity index (χ1n) is 7.94. The first-order valence-corrected chi connectivity index (χ1v) is 9.38. The zero-order chi connectivity index (χ0) is 18.9. The molecule has 1 N–H and O–H groups in total. The fourth-order valence-corrected chi connectivity index (χ4v) is 4.43. The van der Waals surface area contributed by atoms with E-state index in [4.69, 9.17) is 4.74 Å². The number of carbonyl (C=O) groups excluding carboxylic acids is 2. The Bertz CT molecular complexity index is 971. The molecule has 3 rings (SSSR count). The Hall–Kier alpha value is -2.87. The molecule has 2 amide bonds. The van der Waals surface area contributed by atoms with Crippen LogP contribution in [0.25, 0.3) is 0 Å². The predicted octanol–water partition coefficient (Wildman–Crippen LogP) is 1.72. The minimum atomic E-state index is -4.01. The SMILES string of the molecule is COc1ccccc1[C@@H](C)NC(=O)CN1C(=O)c2ccccc2S1(=O)=O. The van der Waals surface area contributed by atoms with E-state index >= 15 is 0 Å². The van der Waals surface area contributed by atoms with Crippen molar-refractivity contribution in [2.45, 2.75) is 17.9 Å². The monoisotopic (exact) mass is 374 g/mol. The molecular weight excluding hydrogens is 356 g/mol. The van der Waals surface area contributed by atoms with Crippen molar-refractivity contribution < 1.29 is 22.7 Å². The van der Waals surface area contributed by atoms with Crippen molar-refractivity contribution in [1.82, 2.24) is 9.62 Å². The Kier molecular flexibility index (Phi) is 4.69. The molecule has 0 fully saturated rings. The van der Waals surface area contributed by atoms with Gasteiger partial charge in [0.2, 0.25) is 5.91 Å². The largest absolute Gasteiger partial charge is 0.496 e. The van der Waals surface area contributed by atoms with E-state index in [1.54, 1.807) is 25.1 Å². The van der Waals surface area contributed by atoms with E-state index < -0.39 is 34.4 Å². The average molecular weight is 374 g/mol. The lowest BCUT2D eigenvalue weighted by Crippen LogP contribution is -2.41. The van der Waals surface area contributed by atoms with Crippen LogP contribution in [0, 0.1) is 0 Å². The number of hydrogen-bond donors (Lipinski definition) is 1. The zero-order valence-electron chi connectivity index (χ0n) is 14.3. The third-order valence-electron chi connectivity index (χ3n) is 4.18. The van der Waals surface area contributed by atoms with Gasteiger partial charge in [-0.15, -0.1) is 0 Å². The van der Waals surface area contributed by atoms with Crippen LogP contribution in [0.5, 0.6) is 5.75 Å². The summed E-state index contributed by atoms with van der Waals surface area (Å²) >= 11 is 0. The molecule has 0 radical (unpaired) electrons. The third kappa shape index (κ3) is 3.03. The molecular formula is C18H18N2O5S. The molecule has 7 nitrogen and oxygen atoms in total. The second kappa shape index (κ2) is 6.80. The summed E-state index contributed by atoms with van der Waals surface area (Å²) in [4.78, 5) is 24.6. The first kappa shape index (κ1) is 17.9. The lowest BCUT2D eigenvalue weighted by molar-refractivity contribution is -0.121. The van der Waals surface area contributed by atoms with Crippen molar-refractivity contribution in [1.29, 1.82) is 0 Å². The van der Waals surface area contributed by atoms with Crippen LogP contribution in [-0.2, 0) is 14.8 Å².